The largest absolute Gasteiger partial charge is 0.493 e. The second-order valence-corrected chi connectivity index (χ2v) is 9.91. The summed E-state index contributed by atoms with van der Waals surface area (Å²) in [5.74, 6) is 0.131. The highest BCUT2D eigenvalue weighted by molar-refractivity contribution is 6.30. The van der Waals surface area contributed by atoms with Gasteiger partial charge in [0.1, 0.15) is 11.5 Å². The Bertz CT molecular complexity index is 1450. The number of hydrogen-bond acceptors (Lipinski definition) is 6. The quantitative estimate of drug-likeness (QED) is 0.222. The van der Waals surface area contributed by atoms with Crippen LogP contribution < -0.4 is 20.7 Å². The summed E-state index contributed by atoms with van der Waals surface area (Å²) in [6.45, 7) is 5.25. The molecule has 39 heavy (non-hydrogen) atoms. The third kappa shape index (κ3) is 6.56. The number of aromatic nitrogens is 2. The molecule has 0 radical (unpaired) electrons. The van der Waals surface area contributed by atoms with Gasteiger partial charge in [-0.05, 0) is 36.6 Å². The topological polar surface area (TPSA) is 107 Å². The lowest BCUT2D eigenvalue weighted by molar-refractivity contribution is 0.0971. The maximum atomic E-state index is 13.9. The van der Waals surface area contributed by atoms with Gasteiger partial charge in [-0.3, -0.25) is 23.9 Å². The summed E-state index contributed by atoms with van der Waals surface area (Å²) in [5.41, 5.74) is 0.596. The molecule has 0 spiro atoms. The summed E-state index contributed by atoms with van der Waals surface area (Å²) >= 11 is 0. The molecule has 0 atom stereocenters. The molecule has 0 aliphatic heterocycles. The van der Waals surface area contributed by atoms with Crippen LogP contribution in [0, 0.1) is 0 Å². The number of nitrogens with zero attached hydrogens (tertiary/aromatic N) is 1. The lowest BCUT2D eigenvalue weighted by Crippen LogP contribution is -2.29. The predicted molar refractivity (Wildman–Crippen MR) is 149 cm³/mol. The number of hydrogen-bond donors (Lipinski definition) is 1. The summed E-state index contributed by atoms with van der Waals surface area (Å²) in [6.07, 6.45) is 9.53. The van der Waals surface area contributed by atoms with E-state index in [1.165, 1.54) is 16.8 Å². The van der Waals surface area contributed by atoms with E-state index in [0.29, 0.717) is 35.8 Å². The number of rotatable bonds is 14. The Hall–Kier alpha value is -3.94. The van der Waals surface area contributed by atoms with Crippen LogP contribution in [0.15, 0.2) is 52.2 Å². The van der Waals surface area contributed by atoms with Gasteiger partial charge in [-0.25, -0.2) is 4.79 Å². The number of nitrogens with one attached hydrogen (secondary N) is 1. The van der Waals surface area contributed by atoms with Crippen molar-refractivity contribution in [2.45, 2.75) is 71.8 Å². The monoisotopic (exact) mass is 532 g/mol. The van der Waals surface area contributed by atoms with E-state index in [1.807, 2.05) is 0 Å². The zero-order valence-electron chi connectivity index (χ0n) is 22.7. The van der Waals surface area contributed by atoms with Gasteiger partial charge < -0.3 is 9.47 Å². The van der Waals surface area contributed by atoms with Gasteiger partial charge in [0.2, 0.25) is 5.78 Å². The van der Waals surface area contributed by atoms with Crippen molar-refractivity contribution in [3.8, 4) is 11.5 Å². The first-order chi connectivity index (χ1) is 18.9. The standard InChI is InChI=1S/C31H36N2O6/c1-3-5-7-9-16-38-24-13-11-12-22-27(24)30(36)28-23(29(22)35)18-21(19-25(28)39-17-10-8-6-4-2)20-33-15-14-26(34)32-31(33)37/h11-15,18-19H,3-10,16-17,20H2,1-2H3,(H,32,34,37). The number of H-pyrrole nitrogens is 1. The van der Waals surface area contributed by atoms with Crippen molar-refractivity contribution in [1.29, 1.82) is 0 Å². The molecule has 4 rings (SSSR count). The number of carbonyl (C=O) groups is 2. The van der Waals surface area contributed by atoms with Crippen LogP contribution in [0.5, 0.6) is 11.5 Å². The van der Waals surface area contributed by atoms with E-state index < -0.39 is 11.2 Å². The van der Waals surface area contributed by atoms with Crippen molar-refractivity contribution in [1.82, 2.24) is 9.55 Å². The lowest BCUT2D eigenvalue weighted by atomic mass is 9.82. The van der Waals surface area contributed by atoms with Gasteiger partial charge in [0.05, 0.1) is 30.9 Å². The molecule has 1 aromatic heterocycles. The molecule has 1 aliphatic rings. The highest BCUT2D eigenvalue weighted by atomic mass is 16.5. The molecule has 0 unspecified atom stereocenters. The van der Waals surface area contributed by atoms with E-state index in [0.717, 1.165) is 51.4 Å². The van der Waals surface area contributed by atoms with E-state index in [4.69, 9.17) is 9.47 Å². The second kappa shape index (κ2) is 13.2. The number of carbonyl (C=O) groups excluding carboxylic acids is 2. The molecular formula is C31H36N2O6. The second-order valence-electron chi connectivity index (χ2n) is 9.91. The Morgan fingerprint density at radius 1 is 0.718 bits per heavy atom. The van der Waals surface area contributed by atoms with Gasteiger partial charge in [-0.2, -0.15) is 0 Å². The van der Waals surface area contributed by atoms with Crippen LogP contribution in [-0.4, -0.2) is 34.3 Å². The Labute approximate surface area is 228 Å². The number of benzene rings is 2. The van der Waals surface area contributed by atoms with Gasteiger partial charge in [0.25, 0.3) is 5.56 Å². The average molecular weight is 533 g/mol. The maximum Gasteiger partial charge on any atom is 0.328 e. The van der Waals surface area contributed by atoms with Crippen LogP contribution >= 0.6 is 0 Å². The molecule has 3 aromatic rings. The highest BCUT2D eigenvalue weighted by Gasteiger charge is 2.35. The molecule has 206 valence electrons. The molecule has 1 heterocycles. The maximum absolute atomic E-state index is 13.9. The lowest BCUT2D eigenvalue weighted by Gasteiger charge is -2.23. The van der Waals surface area contributed by atoms with Gasteiger partial charge in [0.15, 0.2) is 5.78 Å². The highest BCUT2D eigenvalue weighted by Crippen LogP contribution is 2.38. The molecule has 0 amide bonds. The molecule has 2 aromatic carbocycles. The first-order valence-corrected chi connectivity index (χ1v) is 13.9. The molecular weight excluding hydrogens is 496 g/mol. The fraction of sp³-hybridized carbons (Fsp3) is 0.419. The van der Waals surface area contributed by atoms with Crippen molar-refractivity contribution < 1.29 is 19.1 Å². The van der Waals surface area contributed by atoms with Crippen molar-refractivity contribution in [2.75, 3.05) is 13.2 Å². The minimum absolute atomic E-state index is 0.102. The number of fused-ring (bicyclic) bond motifs is 2. The average Bonchev–Trinajstić information content (AvgIpc) is 2.92. The van der Waals surface area contributed by atoms with Crippen LogP contribution in [0.25, 0.3) is 0 Å². The number of unbranched alkanes of at least 4 members (excludes halogenated alkanes) is 6. The van der Waals surface area contributed by atoms with Crippen molar-refractivity contribution in [3.63, 3.8) is 0 Å². The zero-order chi connectivity index (χ0) is 27.8. The summed E-state index contributed by atoms with van der Waals surface area (Å²) in [4.78, 5) is 53.7. The molecule has 8 heteroatoms. The third-order valence-electron chi connectivity index (χ3n) is 6.89. The van der Waals surface area contributed by atoms with Crippen molar-refractivity contribution in [3.05, 3.63) is 91.3 Å². The fourth-order valence-corrected chi connectivity index (χ4v) is 4.82. The van der Waals surface area contributed by atoms with E-state index in [2.05, 4.69) is 18.8 Å². The van der Waals surface area contributed by atoms with Gasteiger partial charge in [-0.1, -0.05) is 64.5 Å². The number of ether oxygens (including phenoxy) is 2. The van der Waals surface area contributed by atoms with E-state index in [9.17, 15) is 19.2 Å². The van der Waals surface area contributed by atoms with E-state index in [1.54, 1.807) is 30.3 Å². The zero-order valence-corrected chi connectivity index (χ0v) is 22.7. The van der Waals surface area contributed by atoms with Crippen LogP contribution in [0.1, 0.15) is 103 Å². The molecule has 0 bridgehead atoms. The van der Waals surface area contributed by atoms with Gasteiger partial charge in [0, 0.05) is 23.4 Å². The van der Waals surface area contributed by atoms with Crippen molar-refractivity contribution in [2.24, 2.45) is 0 Å². The third-order valence-corrected chi connectivity index (χ3v) is 6.89. The normalized spacial score (nSPS) is 12.3. The van der Waals surface area contributed by atoms with E-state index in [-0.39, 0.29) is 34.8 Å². The molecule has 0 saturated carbocycles. The van der Waals surface area contributed by atoms with Gasteiger partial charge in [-0.15, -0.1) is 0 Å². The van der Waals surface area contributed by atoms with Crippen LogP contribution in [0.2, 0.25) is 0 Å². The van der Waals surface area contributed by atoms with E-state index >= 15 is 0 Å². The number of ketones is 2. The fourth-order valence-electron chi connectivity index (χ4n) is 4.82. The molecule has 8 nitrogen and oxygen atoms in total. The Balaban J connectivity index is 1.70. The van der Waals surface area contributed by atoms with Gasteiger partial charge >= 0.3 is 5.69 Å². The summed E-state index contributed by atoms with van der Waals surface area (Å²) < 4.78 is 13.4. The van der Waals surface area contributed by atoms with Crippen LogP contribution in [-0.2, 0) is 6.54 Å². The Kier molecular flexibility index (Phi) is 9.52. The number of aromatic amines is 1. The van der Waals surface area contributed by atoms with Crippen LogP contribution in [0.4, 0.5) is 0 Å². The minimum Gasteiger partial charge on any atom is -0.493 e. The summed E-state index contributed by atoms with van der Waals surface area (Å²) in [6, 6.07) is 9.72. The summed E-state index contributed by atoms with van der Waals surface area (Å²) in [5, 5.41) is 0. The SMILES string of the molecule is CCCCCCOc1cccc2c1C(=O)c1c(OCCCCCC)cc(Cn3ccc(=O)[nH]c3=O)cc1C2=O. The Morgan fingerprint density at radius 3 is 2.05 bits per heavy atom. The first-order valence-electron chi connectivity index (χ1n) is 13.9. The van der Waals surface area contributed by atoms with Crippen molar-refractivity contribution >= 4 is 11.6 Å². The molecule has 1 N–H and O–H groups in total. The summed E-state index contributed by atoms with van der Waals surface area (Å²) in [7, 11) is 0. The molecule has 1 aliphatic carbocycles. The minimum atomic E-state index is -0.560. The molecule has 0 fully saturated rings. The van der Waals surface area contributed by atoms with Crippen LogP contribution in [0.3, 0.4) is 0 Å². The smallest absolute Gasteiger partial charge is 0.328 e. The first kappa shape index (κ1) is 28.1. The molecule has 0 saturated heterocycles. The predicted octanol–water partition coefficient (Wildman–Crippen LogP) is 5.28. The Morgan fingerprint density at radius 2 is 1.38 bits per heavy atom.